The minimum Gasteiger partial charge on any atom is -0.369 e. The van der Waals surface area contributed by atoms with Crippen LogP contribution in [0.2, 0.25) is 0 Å². The Bertz CT molecular complexity index is 280. The number of hydrogen-bond donors (Lipinski definition) is 1. The molecule has 1 fully saturated rings. The van der Waals surface area contributed by atoms with Crippen molar-refractivity contribution in [2.75, 3.05) is 0 Å². The van der Waals surface area contributed by atoms with Crippen molar-refractivity contribution in [2.45, 2.75) is 35.9 Å². The first-order valence-electron chi connectivity index (χ1n) is 4.72. The van der Waals surface area contributed by atoms with Crippen LogP contribution in [0.4, 0.5) is 0 Å². The lowest BCUT2D eigenvalue weighted by Crippen LogP contribution is -2.49. The molecule has 1 aliphatic carbocycles. The second-order valence-corrected chi connectivity index (χ2v) is 6.12. The molecule has 2 N–H and O–H groups in total. The van der Waals surface area contributed by atoms with E-state index in [1.54, 1.807) is 0 Å². The first kappa shape index (κ1) is 13.1. The molecule has 3 nitrogen and oxygen atoms in total. The van der Waals surface area contributed by atoms with Crippen molar-refractivity contribution in [2.24, 2.45) is 11.1 Å². The number of ketones is 1. The van der Waals surface area contributed by atoms with Gasteiger partial charge in [0.2, 0.25) is 9.70 Å². The van der Waals surface area contributed by atoms with Crippen molar-refractivity contribution in [3.8, 4) is 0 Å². The second kappa shape index (κ2) is 4.48. The quantitative estimate of drug-likeness (QED) is 0.620. The Morgan fingerprint density at radius 1 is 1.07 bits per heavy atom. The molecule has 0 heterocycles. The van der Waals surface area contributed by atoms with Crippen molar-refractivity contribution in [3.63, 3.8) is 0 Å². The highest BCUT2D eigenvalue weighted by Crippen LogP contribution is 2.44. The van der Waals surface area contributed by atoms with E-state index in [0.29, 0.717) is 12.8 Å². The SMILES string of the molecule is NC(=O)C1(C(=O)C(Cl)(Cl)Cl)CCCCC1. The van der Waals surface area contributed by atoms with Crippen molar-refractivity contribution in [1.29, 1.82) is 0 Å². The van der Waals surface area contributed by atoms with Gasteiger partial charge in [-0.1, -0.05) is 54.1 Å². The van der Waals surface area contributed by atoms with E-state index in [9.17, 15) is 9.59 Å². The Morgan fingerprint density at radius 2 is 1.53 bits per heavy atom. The van der Waals surface area contributed by atoms with Gasteiger partial charge < -0.3 is 5.73 Å². The molecule has 15 heavy (non-hydrogen) atoms. The maximum Gasteiger partial charge on any atom is 0.249 e. The molecule has 0 radical (unpaired) electrons. The summed E-state index contributed by atoms with van der Waals surface area (Å²) in [4.78, 5) is 23.3. The Labute approximate surface area is 103 Å². The maximum absolute atomic E-state index is 11.9. The summed E-state index contributed by atoms with van der Waals surface area (Å²) < 4.78 is -2.06. The van der Waals surface area contributed by atoms with E-state index in [-0.39, 0.29) is 0 Å². The zero-order valence-corrected chi connectivity index (χ0v) is 10.3. The van der Waals surface area contributed by atoms with Crippen LogP contribution in [-0.2, 0) is 9.59 Å². The van der Waals surface area contributed by atoms with E-state index in [0.717, 1.165) is 19.3 Å². The lowest BCUT2D eigenvalue weighted by molar-refractivity contribution is -0.142. The van der Waals surface area contributed by atoms with Gasteiger partial charge in [-0.15, -0.1) is 0 Å². The summed E-state index contributed by atoms with van der Waals surface area (Å²) in [5, 5.41) is 0. The molecule has 0 unspecified atom stereocenters. The smallest absolute Gasteiger partial charge is 0.249 e. The third-order valence-electron chi connectivity index (χ3n) is 2.87. The van der Waals surface area contributed by atoms with Crippen LogP contribution in [0.15, 0.2) is 0 Å². The topological polar surface area (TPSA) is 60.2 Å². The van der Waals surface area contributed by atoms with Crippen molar-refractivity contribution >= 4 is 46.5 Å². The van der Waals surface area contributed by atoms with Crippen molar-refractivity contribution in [3.05, 3.63) is 0 Å². The van der Waals surface area contributed by atoms with E-state index in [4.69, 9.17) is 40.5 Å². The molecule has 0 spiro atoms. The molecule has 1 amide bonds. The zero-order valence-electron chi connectivity index (χ0n) is 8.06. The van der Waals surface area contributed by atoms with E-state index in [2.05, 4.69) is 0 Å². The van der Waals surface area contributed by atoms with Gasteiger partial charge in [-0.3, -0.25) is 9.59 Å². The fraction of sp³-hybridized carbons (Fsp3) is 0.778. The summed E-state index contributed by atoms with van der Waals surface area (Å²) in [7, 11) is 0. The predicted octanol–water partition coefficient (Wildman–Crippen LogP) is 2.36. The summed E-state index contributed by atoms with van der Waals surface area (Å²) in [6, 6.07) is 0. The lowest BCUT2D eigenvalue weighted by Gasteiger charge is -2.34. The number of primary amides is 1. The molecule has 0 atom stereocenters. The van der Waals surface area contributed by atoms with E-state index in [1.165, 1.54) is 0 Å². The summed E-state index contributed by atoms with van der Waals surface area (Å²) in [6.07, 6.45) is 3.26. The van der Waals surface area contributed by atoms with E-state index in [1.807, 2.05) is 0 Å². The number of amides is 1. The lowest BCUT2D eigenvalue weighted by atomic mass is 9.71. The third-order valence-corrected chi connectivity index (χ3v) is 3.39. The van der Waals surface area contributed by atoms with Gasteiger partial charge in [-0.05, 0) is 12.8 Å². The van der Waals surface area contributed by atoms with Gasteiger partial charge in [0.1, 0.15) is 5.41 Å². The molecule has 0 aromatic heterocycles. The number of Topliss-reactive ketones (excluding diaryl/α,β-unsaturated/α-hetero) is 1. The molecule has 0 saturated heterocycles. The highest BCUT2D eigenvalue weighted by molar-refractivity contribution is 6.77. The van der Waals surface area contributed by atoms with Gasteiger partial charge in [0.15, 0.2) is 5.78 Å². The van der Waals surface area contributed by atoms with E-state index >= 15 is 0 Å². The molecule has 86 valence electrons. The maximum atomic E-state index is 11.9. The zero-order chi connectivity index (χ0) is 11.7. The first-order chi connectivity index (χ1) is 6.81. The van der Waals surface area contributed by atoms with Crippen LogP contribution in [0.5, 0.6) is 0 Å². The van der Waals surface area contributed by atoms with Crippen LogP contribution < -0.4 is 5.73 Å². The Kier molecular flexibility index (Phi) is 3.90. The molecule has 0 aromatic rings. The van der Waals surface area contributed by atoms with Gasteiger partial charge in [0.25, 0.3) is 0 Å². The molecular formula is C9H12Cl3NO2. The number of rotatable bonds is 2. The van der Waals surface area contributed by atoms with Gasteiger partial charge in [-0.2, -0.15) is 0 Å². The van der Waals surface area contributed by atoms with Crippen LogP contribution in [0.3, 0.4) is 0 Å². The average molecular weight is 273 g/mol. The van der Waals surface area contributed by atoms with Crippen LogP contribution in [-0.4, -0.2) is 15.5 Å². The number of alkyl halides is 3. The predicted molar refractivity (Wildman–Crippen MR) is 60.0 cm³/mol. The second-order valence-electron chi connectivity index (χ2n) is 3.83. The highest BCUT2D eigenvalue weighted by Gasteiger charge is 2.52. The van der Waals surface area contributed by atoms with Gasteiger partial charge in [0, 0.05) is 0 Å². The number of carbonyl (C=O) groups is 2. The standard InChI is InChI=1S/C9H12Cl3NO2/c10-9(11,12)6(14)8(7(13)15)4-2-1-3-5-8/h1-5H2,(H2,13,15). The highest BCUT2D eigenvalue weighted by atomic mass is 35.6. The fourth-order valence-electron chi connectivity index (χ4n) is 2.01. The largest absolute Gasteiger partial charge is 0.369 e. The molecule has 6 heteroatoms. The molecule has 0 bridgehead atoms. The van der Waals surface area contributed by atoms with Crippen LogP contribution >= 0.6 is 34.8 Å². The van der Waals surface area contributed by atoms with Gasteiger partial charge in [-0.25, -0.2) is 0 Å². The summed E-state index contributed by atoms with van der Waals surface area (Å²) in [5.74, 6) is -1.37. The van der Waals surface area contributed by atoms with Gasteiger partial charge >= 0.3 is 0 Å². The monoisotopic (exact) mass is 271 g/mol. The molecule has 0 aliphatic heterocycles. The van der Waals surface area contributed by atoms with Crippen LogP contribution in [0.25, 0.3) is 0 Å². The molecule has 1 aliphatic rings. The third kappa shape index (κ3) is 2.58. The molecule has 1 saturated carbocycles. The first-order valence-corrected chi connectivity index (χ1v) is 5.85. The summed E-state index contributed by atoms with van der Waals surface area (Å²) >= 11 is 16.6. The van der Waals surface area contributed by atoms with Crippen molar-refractivity contribution < 1.29 is 9.59 Å². The number of hydrogen-bond acceptors (Lipinski definition) is 2. The molecular weight excluding hydrogens is 260 g/mol. The minimum atomic E-state index is -2.06. The average Bonchev–Trinajstić information content (AvgIpc) is 2.16. The van der Waals surface area contributed by atoms with Crippen LogP contribution in [0.1, 0.15) is 32.1 Å². The molecule has 1 rings (SSSR count). The number of nitrogens with two attached hydrogens (primary N) is 1. The Hall–Kier alpha value is 0.01000. The molecule has 0 aromatic carbocycles. The minimum absolute atomic E-state index is 0.384. The number of carbonyl (C=O) groups excluding carboxylic acids is 2. The van der Waals surface area contributed by atoms with Gasteiger partial charge in [0.05, 0.1) is 0 Å². The van der Waals surface area contributed by atoms with Crippen LogP contribution in [0, 0.1) is 5.41 Å². The number of halogens is 3. The Balaban J connectivity index is 3.01. The normalized spacial score (nSPS) is 21.0. The van der Waals surface area contributed by atoms with E-state index < -0.39 is 20.9 Å². The fourth-order valence-corrected chi connectivity index (χ4v) is 2.55. The summed E-state index contributed by atoms with van der Waals surface area (Å²) in [6.45, 7) is 0. The Morgan fingerprint density at radius 3 is 1.87 bits per heavy atom. The summed E-state index contributed by atoms with van der Waals surface area (Å²) in [5.41, 5.74) is 3.99. The van der Waals surface area contributed by atoms with Crippen molar-refractivity contribution in [1.82, 2.24) is 0 Å².